The van der Waals surface area contributed by atoms with Crippen molar-refractivity contribution < 1.29 is 0 Å². The van der Waals surface area contributed by atoms with Gasteiger partial charge in [-0.2, -0.15) is 0 Å². The maximum atomic E-state index is 11.5. The van der Waals surface area contributed by atoms with Crippen molar-refractivity contribution in [3.8, 4) is 11.4 Å². The Morgan fingerprint density at radius 2 is 2.18 bits per heavy atom. The molecule has 0 radical (unpaired) electrons. The molecule has 1 heterocycles. The molecule has 1 aromatic carbocycles. The van der Waals surface area contributed by atoms with Gasteiger partial charge < -0.3 is 10.7 Å². The molecule has 0 amide bonds. The van der Waals surface area contributed by atoms with E-state index in [1.54, 1.807) is 0 Å². The van der Waals surface area contributed by atoms with Crippen LogP contribution >= 0.6 is 15.9 Å². The topological polar surface area (TPSA) is 71.8 Å². The van der Waals surface area contributed by atoms with Crippen molar-refractivity contribution in [2.24, 2.45) is 5.73 Å². The summed E-state index contributed by atoms with van der Waals surface area (Å²) in [6, 6.07) is 7.27. The molecule has 0 bridgehead atoms. The molecule has 0 atom stereocenters. The molecular weight excluding hydrogens is 282 g/mol. The van der Waals surface area contributed by atoms with E-state index in [9.17, 15) is 4.79 Å². The third kappa shape index (κ3) is 2.62. The highest BCUT2D eigenvalue weighted by molar-refractivity contribution is 9.10. The Morgan fingerprint density at radius 1 is 1.41 bits per heavy atom. The van der Waals surface area contributed by atoms with Crippen molar-refractivity contribution in [3.63, 3.8) is 0 Å². The zero-order valence-corrected chi connectivity index (χ0v) is 10.9. The summed E-state index contributed by atoms with van der Waals surface area (Å²) in [4.78, 5) is 18.5. The molecule has 0 unspecified atom stereocenters. The Bertz CT molecular complexity index is 607. The fourth-order valence-corrected chi connectivity index (χ4v) is 2.23. The van der Waals surface area contributed by atoms with Crippen molar-refractivity contribution in [3.05, 3.63) is 50.3 Å². The minimum absolute atomic E-state index is 0.192. The van der Waals surface area contributed by atoms with E-state index in [0.717, 1.165) is 15.6 Å². The quantitative estimate of drug-likeness (QED) is 0.889. The van der Waals surface area contributed by atoms with Crippen LogP contribution in [0.15, 0.2) is 33.5 Å². The summed E-state index contributed by atoms with van der Waals surface area (Å²) in [5, 5.41) is 0. The molecule has 2 aromatic rings. The number of halogens is 1. The van der Waals surface area contributed by atoms with Gasteiger partial charge >= 0.3 is 0 Å². The first-order valence-corrected chi connectivity index (χ1v) is 5.96. The zero-order valence-electron chi connectivity index (χ0n) is 9.33. The van der Waals surface area contributed by atoms with Crippen molar-refractivity contribution >= 4 is 15.9 Å². The lowest BCUT2D eigenvalue weighted by Gasteiger charge is -2.06. The summed E-state index contributed by atoms with van der Waals surface area (Å²) < 4.78 is 0.898. The second-order valence-corrected chi connectivity index (χ2v) is 4.63. The Morgan fingerprint density at radius 3 is 2.82 bits per heavy atom. The van der Waals surface area contributed by atoms with Crippen molar-refractivity contribution in [2.45, 2.75) is 13.5 Å². The molecule has 0 fully saturated rings. The van der Waals surface area contributed by atoms with Gasteiger partial charge in [-0.25, -0.2) is 4.98 Å². The number of benzene rings is 1. The largest absolute Gasteiger partial charge is 0.325 e. The molecule has 0 saturated heterocycles. The van der Waals surface area contributed by atoms with Gasteiger partial charge in [0.2, 0.25) is 0 Å². The molecular formula is C12H12BrN3O. The monoisotopic (exact) mass is 293 g/mol. The molecule has 3 N–H and O–H groups in total. The third-order valence-corrected chi connectivity index (χ3v) is 3.04. The Hall–Kier alpha value is -1.46. The summed E-state index contributed by atoms with van der Waals surface area (Å²) in [6.45, 7) is 2.25. The number of nitrogens with two attached hydrogens (primary N) is 1. The van der Waals surface area contributed by atoms with Crippen molar-refractivity contribution in [1.82, 2.24) is 9.97 Å². The lowest BCUT2D eigenvalue weighted by molar-refractivity contribution is 0.955. The molecule has 17 heavy (non-hydrogen) atoms. The van der Waals surface area contributed by atoms with E-state index in [4.69, 9.17) is 5.73 Å². The van der Waals surface area contributed by atoms with Gasteiger partial charge in [-0.1, -0.05) is 22.0 Å². The van der Waals surface area contributed by atoms with Crippen LogP contribution in [0.4, 0.5) is 0 Å². The Kier molecular flexibility index (Phi) is 3.40. The molecule has 4 nitrogen and oxygen atoms in total. The van der Waals surface area contributed by atoms with Crippen LogP contribution in [0.3, 0.4) is 0 Å². The number of aromatic nitrogens is 2. The van der Waals surface area contributed by atoms with E-state index in [1.807, 2.05) is 25.1 Å². The summed E-state index contributed by atoms with van der Waals surface area (Å²) in [7, 11) is 0. The van der Waals surface area contributed by atoms with Crippen LogP contribution in [-0.4, -0.2) is 9.97 Å². The first kappa shape index (κ1) is 12.0. The highest BCUT2D eigenvalue weighted by Gasteiger charge is 2.07. The summed E-state index contributed by atoms with van der Waals surface area (Å²) >= 11 is 3.46. The number of nitrogens with one attached hydrogen (secondary N) is 1. The highest BCUT2D eigenvalue weighted by Crippen LogP contribution is 2.25. The molecule has 0 aliphatic heterocycles. The molecule has 88 valence electrons. The molecule has 0 spiro atoms. The van der Waals surface area contributed by atoms with Gasteiger partial charge in [-0.3, -0.25) is 4.79 Å². The number of nitrogens with zero attached hydrogens (tertiary/aromatic N) is 1. The minimum Gasteiger partial charge on any atom is -0.325 e. The van der Waals surface area contributed by atoms with Gasteiger partial charge in [0, 0.05) is 22.6 Å². The average Bonchev–Trinajstić information content (AvgIpc) is 2.28. The number of rotatable bonds is 2. The third-order valence-electron chi connectivity index (χ3n) is 2.38. The van der Waals surface area contributed by atoms with E-state index < -0.39 is 0 Å². The normalized spacial score (nSPS) is 10.5. The van der Waals surface area contributed by atoms with Crippen LogP contribution in [0.1, 0.15) is 11.3 Å². The standard InChI is InChI=1S/C12H12BrN3O/c1-7-2-3-9(10(13)4-7)12-15-8(6-14)5-11(17)16-12/h2-5H,6,14H2,1H3,(H,15,16,17). The lowest BCUT2D eigenvalue weighted by atomic mass is 10.1. The second kappa shape index (κ2) is 4.81. The average molecular weight is 294 g/mol. The minimum atomic E-state index is -0.192. The second-order valence-electron chi connectivity index (χ2n) is 3.77. The first-order chi connectivity index (χ1) is 8.10. The summed E-state index contributed by atoms with van der Waals surface area (Å²) in [6.07, 6.45) is 0. The van der Waals surface area contributed by atoms with E-state index >= 15 is 0 Å². The molecule has 5 heteroatoms. The van der Waals surface area contributed by atoms with E-state index in [1.165, 1.54) is 6.07 Å². The first-order valence-electron chi connectivity index (χ1n) is 5.17. The summed E-state index contributed by atoms with van der Waals surface area (Å²) in [5.74, 6) is 0.532. The van der Waals surface area contributed by atoms with E-state index in [-0.39, 0.29) is 12.1 Å². The van der Waals surface area contributed by atoms with Gasteiger partial charge in [-0.15, -0.1) is 0 Å². The van der Waals surface area contributed by atoms with Crippen LogP contribution in [0.5, 0.6) is 0 Å². The Labute approximate surface area is 107 Å². The SMILES string of the molecule is Cc1ccc(-c2nc(CN)cc(=O)[nH]2)c(Br)c1. The fraction of sp³-hybridized carbons (Fsp3) is 0.167. The Balaban J connectivity index is 2.60. The van der Waals surface area contributed by atoms with Gasteiger partial charge in [0.15, 0.2) is 0 Å². The lowest BCUT2D eigenvalue weighted by Crippen LogP contribution is -2.12. The molecule has 0 aliphatic rings. The summed E-state index contributed by atoms with van der Waals surface area (Å²) in [5.41, 5.74) is 7.88. The molecule has 0 aliphatic carbocycles. The van der Waals surface area contributed by atoms with Gasteiger partial charge in [0.1, 0.15) is 5.82 Å². The fourth-order valence-electron chi connectivity index (χ4n) is 1.55. The van der Waals surface area contributed by atoms with Crippen LogP contribution in [0, 0.1) is 6.92 Å². The van der Waals surface area contributed by atoms with Crippen LogP contribution in [0.25, 0.3) is 11.4 Å². The van der Waals surface area contributed by atoms with E-state index in [0.29, 0.717) is 11.5 Å². The number of hydrogen-bond acceptors (Lipinski definition) is 3. The molecule has 2 rings (SSSR count). The number of aryl methyl sites for hydroxylation is 1. The predicted molar refractivity (Wildman–Crippen MR) is 70.6 cm³/mol. The van der Waals surface area contributed by atoms with Crippen molar-refractivity contribution in [2.75, 3.05) is 0 Å². The maximum absolute atomic E-state index is 11.5. The van der Waals surface area contributed by atoms with Crippen LogP contribution in [-0.2, 0) is 6.54 Å². The van der Waals surface area contributed by atoms with E-state index in [2.05, 4.69) is 25.9 Å². The van der Waals surface area contributed by atoms with Crippen molar-refractivity contribution in [1.29, 1.82) is 0 Å². The predicted octanol–water partition coefficient (Wildman–Crippen LogP) is 1.97. The maximum Gasteiger partial charge on any atom is 0.251 e. The van der Waals surface area contributed by atoms with Gasteiger partial charge in [-0.05, 0) is 24.6 Å². The van der Waals surface area contributed by atoms with Crippen LogP contribution < -0.4 is 11.3 Å². The number of hydrogen-bond donors (Lipinski definition) is 2. The highest BCUT2D eigenvalue weighted by atomic mass is 79.9. The zero-order chi connectivity index (χ0) is 12.4. The molecule has 1 aromatic heterocycles. The number of aromatic amines is 1. The smallest absolute Gasteiger partial charge is 0.251 e. The molecule has 0 saturated carbocycles. The van der Waals surface area contributed by atoms with Gasteiger partial charge in [0.05, 0.1) is 5.69 Å². The number of H-pyrrole nitrogens is 1. The van der Waals surface area contributed by atoms with Gasteiger partial charge in [0.25, 0.3) is 5.56 Å². The van der Waals surface area contributed by atoms with Crippen LogP contribution in [0.2, 0.25) is 0 Å².